The van der Waals surface area contributed by atoms with E-state index in [1.54, 1.807) is 4.90 Å². The quantitative estimate of drug-likeness (QED) is 0.531. The molecule has 0 unspecified atom stereocenters. The van der Waals surface area contributed by atoms with Gasteiger partial charge in [-0.25, -0.2) is 4.39 Å². The van der Waals surface area contributed by atoms with E-state index in [9.17, 15) is 22.4 Å². The van der Waals surface area contributed by atoms with Crippen molar-refractivity contribution in [3.8, 4) is 5.75 Å². The van der Waals surface area contributed by atoms with Gasteiger partial charge in [-0.05, 0) is 12.1 Å². The molecule has 0 radical (unpaired) electrons. The van der Waals surface area contributed by atoms with Gasteiger partial charge < -0.3 is 24.1 Å². The van der Waals surface area contributed by atoms with Gasteiger partial charge in [-0.1, -0.05) is 16.7 Å². The molecule has 14 heteroatoms. The third kappa shape index (κ3) is 6.45. The molecule has 1 N–H and O–H groups in total. The number of rotatable bonds is 9. The lowest BCUT2D eigenvalue weighted by molar-refractivity contribution is -0.357. The number of aromatic nitrogens is 2. The summed E-state index contributed by atoms with van der Waals surface area (Å²) < 4.78 is 69.8. The average molecular weight is 495 g/mol. The molecule has 9 nitrogen and oxygen atoms in total. The van der Waals surface area contributed by atoms with Crippen LogP contribution in [0, 0.1) is 5.82 Å². The van der Waals surface area contributed by atoms with Gasteiger partial charge in [0, 0.05) is 32.0 Å². The Morgan fingerprint density at radius 2 is 2.00 bits per heavy atom. The minimum Gasteiger partial charge on any atom is -0.484 e. The average Bonchev–Trinajstić information content (AvgIpc) is 3.14. The van der Waals surface area contributed by atoms with Crippen LogP contribution in [0.15, 0.2) is 22.6 Å². The van der Waals surface area contributed by atoms with Gasteiger partial charge in [-0.2, -0.15) is 0 Å². The summed E-state index contributed by atoms with van der Waals surface area (Å²) in [6.07, 6.45) is -5.61. The van der Waals surface area contributed by atoms with E-state index in [2.05, 4.69) is 20.3 Å². The minimum absolute atomic E-state index is 0.0208. The second-order valence-electron chi connectivity index (χ2n) is 7.60. The Morgan fingerprint density at radius 1 is 1.24 bits per heavy atom. The zero-order chi connectivity index (χ0) is 23.6. The van der Waals surface area contributed by atoms with Crippen molar-refractivity contribution in [2.24, 2.45) is 0 Å². The highest BCUT2D eigenvalue weighted by atomic mass is 35.5. The minimum atomic E-state index is -4.64. The normalized spacial score (nSPS) is 20.8. The number of anilines is 1. The molecule has 2 aromatic rings. The van der Waals surface area contributed by atoms with Crippen molar-refractivity contribution in [3.63, 3.8) is 0 Å². The first-order valence-corrected chi connectivity index (χ1v) is 10.3. The topological polar surface area (TPSA) is 99.0 Å². The first-order valence-electron chi connectivity index (χ1n) is 9.95. The number of benzene rings is 1. The molecule has 0 spiro atoms. The summed E-state index contributed by atoms with van der Waals surface area (Å²) in [5.74, 6) is -0.627. The first kappa shape index (κ1) is 23.5. The van der Waals surface area contributed by atoms with Gasteiger partial charge in [0.05, 0.1) is 23.3 Å². The second-order valence-corrected chi connectivity index (χ2v) is 8.01. The lowest BCUT2D eigenvalue weighted by Gasteiger charge is -2.38. The summed E-state index contributed by atoms with van der Waals surface area (Å²) in [7, 11) is 0. The molecule has 2 fully saturated rings. The van der Waals surface area contributed by atoms with Crippen LogP contribution in [0.2, 0.25) is 5.02 Å². The van der Waals surface area contributed by atoms with Crippen molar-refractivity contribution in [3.05, 3.63) is 34.9 Å². The molecule has 2 heterocycles. The summed E-state index contributed by atoms with van der Waals surface area (Å²) in [4.78, 5) is 13.7. The summed E-state index contributed by atoms with van der Waals surface area (Å²) in [5.41, 5.74) is 0. The van der Waals surface area contributed by atoms with E-state index in [1.165, 1.54) is 12.1 Å². The largest absolute Gasteiger partial charge is 0.522 e. The molecule has 0 bridgehead atoms. The van der Waals surface area contributed by atoms with Crippen molar-refractivity contribution in [1.29, 1.82) is 0 Å². The molecule has 1 amide bonds. The van der Waals surface area contributed by atoms with Gasteiger partial charge in [-0.15, -0.1) is 18.3 Å². The standard InChI is InChI=1S/C19H19ClF4N4O5/c20-14-2-1-11(5-15(14)21)30-8-16(29)25-10-6-28(7-10)18-27-26-17(32-18)9-31-12-3-13(4-12)33-19(22,23)24/h1-2,5,10,12-13H,3-4,6-9H2,(H,25,29)/t12-,13+. The maximum Gasteiger partial charge on any atom is 0.522 e. The molecule has 0 atom stereocenters. The summed E-state index contributed by atoms with van der Waals surface area (Å²) in [5, 5.41) is 10.5. The fraction of sp³-hybridized carbons (Fsp3) is 0.526. The van der Waals surface area contributed by atoms with Crippen molar-refractivity contribution < 1.29 is 41.0 Å². The third-order valence-electron chi connectivity index (χ3n) is 5.03. The number of carbonyl (C=O) groups excluding carboxylic acids is 1. The maximum atomic E-state index is 13.4. The molecule has 1 aliphatic heterocycles. The molecular weight excluding hydrogens is 476 g/mol. The van der Waals surface area contributed by atoms with Crippen LogP contribution < -0.4 is 15.0 Å². The van der Waals surface area contributed by atoms with Crippen molar-refractivity contribution in [2.75, 3.05) is 24.6 Å². The van der Waals surface area contributed by atoms with Gasteiger partial charge in [0.2, 0.25) is 5.89 Å². The van der Waals surface area contributed by atoms with Crippen LogP contribution in [0.3, 0.4) is 0 Å². The van der Waals surface area contributed by atoms with E-state index in [-0.39, 0.29) is 66.8 Å². The number of alkyl halides is 3. The molecule has 33 heavy (non-hydrogen) atoms. The van der Waals surface area contributed by atoms with Gasteiger partial charge in [-0.3, -0.25) is 9.53 Å². The SMILES string of the molecule is O=C(COc1ccc(Cl)c(F)c1)NC1CN(c2nnc(CO[C@H]3C[C@@H](OC(F)(F)F)C3)o2)C1. The number of nitrogens with one attached hydrogen (secondary N) is 1. The van der Waals surface area contributed by atoms with Crippen LogP contribution in [0.25, 0.3) is 0 Å². The third-order valence-corrected chi connectivity index (χ3v) is 5.34. The maximum absolute atomic E-state index is 13.4. The van der Waals surface area contributed by atoms with Crippen molar-refractivity contribution in [1.82, 2.24) is 15.5 Å². The Balaban J connectivity index is 1.12. The summed E-state index contributed by atoms with van der Waals surface area (Å²) >= 11 is 5.59. The zero-order valence-electron chi connectivity index (χ0n) is 17.0. The van der Waals surface area contributed by atoms with Crippen LogP contribution in [-0.2, 0) is 20.9 Å². The lowest BCUT2D eigenvalue weighted by atomic mass is 9.92. The number of nitrogens with zero attached hydrogens (tertiary/aromatic N) is 3. The van der Waals surface area contributed by atoms with Crippen LogP contribution in [0.1, 0.15) is 18.7 Å². The Hall–Kier alpha value is -2.64. The summed E-state index contributed by atoms with van der Waals surface area (Å²) in [6, 6.07) is 3.98. The Labute approximate surface area is 189 Å². The molecule has 1 saturated carbocycles. The molecule has 1 aromatic heterocycles. The van der Waals surface area contributed by atoms with Gasteiger partial charge in [0.15, 0.2) is 6.61 Å². The number of amides is 1. The highest BCUT2D eigenvalue weighted by molar-refractivity contribution is 6.30. The van der Waals surface area contributed by atoms with E-state index >= 15 is 0 Å². The van der Waals surface area contributed by atoms with Gasteiger partial charge in [0.1, 0.15) is 18.2 Å². The Bertz CT molecular complexity index is 979. The fourth-order valence-electron chi connectivity index (χ4n) is 3.27. The van der Waals surface area contributed by atoms with Crippen LogP contribution >= 0.6 is 11.6 Å². The van der Waals surface area contributed by atoms with Crippen LogP contribution in [-0.4, -0.2) is 60.4 Å². The highest BCUT2D eigenvalue weighted by Gasteiger charge is 2.40. The molecule has 180 valence electrons. The summed E-state index contributed by atoms with van der Waals surface area (Å²) in [6.45, 7) is 0.564. The van der Waals surface area contributed by atoms with E-state index in [0.717, 1.165) is 6.07 Å². The lowest BCUT2D eigenvalue weighted by Crippen LogP contribution is -2.60. The number of ether oxygens (including phenoxy) is 3. The van der Waals surface area contributed by atoms with E-state index in [0.29, 0.717) is 13.1 Å². The zero-order valence-corrected chi connectivity index (χ0v) is 17.7. The Kier molecular flexibility index (Phi) is 6.91. The molecule has 1 saturated heterocycles. The molecule has 1 aliphatic carbocycles. The predicted octanol–water partition coefficient (Wildman–Crippen LogP) is 2.83. The molecule has 4 rings (SSSR count). The van der Waals surface area contributed by atoms with E-state index in [4.69, 9.17) is 25.5 Å². The number of halogens is 5. The van der Waals surface area contributed by atoms with Gasteiger partial charge in [0.25, 0.3) is 5.91 Å². The monoisotopic (exact) mass is 494 g/mol. The van der Waals surface area contributed by atoms with Crippen LogP contribution in [0.4, 0.5) is 23.6 Å². The molecule has 1 aromatic carbocycles. The molecular formula is C19H19ClF4N4O5. The fourth-order valence-corrected chi connectivity index (χ4v) is 3.39. The first-order chi connectivity index (χ1) is 15.6. The highest BCUT2D eigenvalue weighted by Crippen LogP contribution is 2.32. The van der Waals surface area contributed by atoms with Crippen molar-refractivity contribution >= 4 is 23.5 Å². The number of carbonyl (C=O) groups is 1. The van der Waals surface area contributed by atoms with Gasteiger partial charge >= 0.3 is 12.4 Å². The van der Waals surface area contributed by atoms with Crippen LogP contribution in [0.5, 0.6) is 5.75 Å². The second kappa shape index (κ2) is 9.69. The van der Waals surface area contributed by atoms with Crippen molar-refractivity contribution in [2.45, 2.75) is 44.1 Å². The molecule has 2 aliphatic rings. The van der Waals surface area contributed by atoms with E-state index in [1.807, 2.05) is 0 Å². The smallest absolute Gasteiger partial charge is 0.484 e. The number of hydrogen-bond donors (Lipinski definition) is 1. The number of hydrogen-bond acceptors (Lipinski definition) is 8. The van der Waals surface area contributed by atoms with E-state index < -0.39 is 18.3 Å². The Morgan fingerprint density at radius 3 is 2.70 bits per heavy atom. The predicted molar refractivity (Wildman–Crippen MR) is 104 cm³/mol.